The molecular formula is C12H11N5. The van der Waals surface area contributed by atoms with Crippen molar-refractivity contribution in [2.75, 3.05) is 0 Å². The molecule has 3 aromatic rings. The molecular weight excluding hydrogens is 214 g/mol. The number of aromatic amines is 1. The summed E-state index contributed by atoms with van der Waals surface area (Å²) in [6, 6.07) is 10.0. The summed E-state index contributed by atoms with van der Waals surface area (Å²) in [6.07, 6.45) is 3.45. The molecule has 3 rings (SSSR count). The number of nitrogens with zero attached hydrogens (tertiary/aromatic N) is 3. The molecule has 2 aromatic heterocycles. The SMILES string of the molecule is N=c1nc2nc[nH]c2cn1Cc1ccccc1. The Morgan fingerprint density at radius 2 is 2.06 bits per heavy atom. The van der Waals surface area contributed by atoms with Crippen LogP contribution in [0.25, 0.3) is 11.2 Å². The van der Waals surface area contributed by atoms with Crippen molar-refractivity contribution in [1.82, 2.24) is 19.5 Å². The molecule has 1 aromatic carbocycles. The first-order valence-corrected chi connectivity index (χ1v) is 5.32. The second-order valence-electron chi connectivity index (χ2n) is 3.82. The molecule has 17 heavy (non-hydrogen) atoms. The smallest absolute Gasteiger partial charge is 0.224 e. The Bertz CT molecular complexity index is 695. The highest BCUT2D eigenvalue weighted by Crippen LogP contribution is 2.04. The molecule has 0 aliphatic carbocycles. The van der Waals surface area contributed by atoms with Crippen molar-refractivity contribution in [3.05, 3.63) is 54.0 Å². The van der Waals surface area contributed by atoms with Gasteiger partial charge in [0, 0.05) is 6.20 Å². The summed E-state index contributed by atoms with van der Waals surface area (Å²) in [5, 5.41) is 7.84. The Hall–Kier alpha value is -2.43. The van der Waals surface area contributed by atoms with Gasteiger partial charge in [0.15, 0.2) is 5.65 Å². The van der Waals surface area contributed by atoms with Gasteiger partial charge in [-0.15, -0.1) is 0 Å². The van der Waals surface area contributed by atoms with Crippen LogP contribution in [0.4, 0.5) is 0 Å². The maximum Gasteiger partial charge on any atom is 0.224 e. The van der Waals surface area contributed by atoms with Crippen molar-refractivity contribution in [3.63, 3.8) is 0 Å². The molecule has 2 N–H and O–H groups in total. The highest BCUT2D eigenvalue weighted by molar-refractivity contribution is 5.67. The van der Waals surface area contributed by atoms with Crippen LogP contribution in [0.1, 0.15) is 5.56 Å². The van der Waals surface area contributed by atoms with Gasteiger partial charge in [0.2, 0.25) is 5.62 Å². The van der Waals surface area contributed by atoms with E-state index >= 15 is 0 Å². The van der Waals surface area contributed by atoms with Crippen LogP contribution in [-0.4, -0.2) is 19.5 Å². The molecule has 5 heteroatoms. The molecule has 0 unspecified atom stereocenters. The van der Waals surface area contributed by atoms with Gasteiger partial charge in [0.25, 0.3) is 0 Å². The van der Waals surface area contributed by atoms with Crippen LogP contribution in [0.2, 0.25) is 0 Å². The lowest BCUT2D eigenvalue weighted by Gasteiger charge is -2.05. The number of aromatic nitrogens is 4. The standard InChI is InChI=1S/C12H11N5/c13-12-16-11-10(14-8-15-11)7-17(12)6-9-4-2-1-3-5-9/h1-5,7-8H,6H2,(H2,13,14,15,16). The molecule has 0 saturated heterocycles. The lowest BCUT2D eigenvalue weighted by molar-refractivity contribution is 0.703. The third-order valence-corrected chi connectivity index (χ3v) is 2.61. The van der Waals surface area contributed by atoms with E-state index in [2.05, 4.69) is 15.0 Å². The maximum absolute atomic E-state index is 7.84. The van der Waals surface area contributed by atoms with E-state index in [4.69, 9.17) is 5.41 Å². The normalized spacial score (nSPS) is 10.8. The van der Waals surface area contributed by atoms with Gasteiger partial charge in [-0.3, -0.25) is 5.41 Å². The van der Waals surface area contributed by atoms with Gasteiger partial charge in [-0.1, -0.05) is 30.3 Å². The summed E-state index contributed by atoms with van der Waals surface area (Å²) >= 11 is 0. The zero-order valence-electron chi connectivity index (χ0n) is 9.09. The molecule has 0 atom stereocenters. The molecule has 0 bridgehead atoms. The summed E-state index contributed by atoms with van der Waals surface area (Å²) in [4.78, 5) is 11.1. The molecule has 0 radical (unpaired) electrons. The first-order chi connectivity index (χ1) is 8.33. The number of nitrogens with one attached hydrogen (secondary N) is 2. The molecule has 0 aliphatic rings. The van der Waals surface area contributed by atoms with E-state index in [1.165, 1.54) is 0 Å². The third kappa shape index (κ3) is 1.82. The molecule has 2 heterocycles. The van der Waals surface area contributed by atoms with E-state index in [0.29, 0.717) is 12.2 Å². The average molecular weight is 225 g/mol. The highest BCUT2D eigenvalue weighted by Gasteiger charge is 2.01. The van der Waals surface area contributed by atoms with Gasteiger partial charge < -0.3 is 9.55 Å². The average Bonchev–Trinajstić information content (AvgIpc) is 2.78. The van der Waals surface area contributed by atoms with E-state index in [0.717, 1.165) is 11.1 Å². The van der Waals surface area contributed by atoms with E-state index in [1.807, 2.05) is 36.5 Å². The second kappa shape index (κ2) is 3.86. The van der Waals surface area contributed by atoms with Crippen LogP contribution < -0.4 is 5.62 Å². The van der Waals surface area contributed by atoms with E-state index in [-0.39, 0.29) is 5.62 Å². The van der Waals surface area contributed by atoms with Gasteiger partial charge in [-0.05, 0) is 5.56 Å². The monoisotopic (exact) mass is 225 g/mol. The molecule has 0 fully saturated rings. The molecule has 0 saturated carbocycles. The van der Waals surface area contributed by atoms with Gasteiger partial charge in [0.1, 0.15) is 5.52 Å². The van der Waals surface area contributed by atoms with Gasteiger partial charge in [0.05, 0.1) is 12.9 Å². The molecule has 0 amide bonds. The quantitative estimate of drug-likeness (QED) is 0.689. The first-order valence-electron chi connectivity index (χ1n) is 5.32. The lowest BCUT2D eigenvalue weighted by atomic mass is 10.2. The number of fused-ring (bicyclic) bond motifs is 1. The molecule has 84 valence electrons. The fourth-order valence-electron chi connectivity index (χ4n) is 1.76. The van der Waals surface area contributed by atoms with Crippen molar-refractivity contribution >= 4 is 11.2 Å². The summed E-state index contributed by atoms with van der Waals surface area (Å²) in [5.74, 6) is 0. The highest BCUT2D eigenvalue weighted by atomic mass is 15.1. The predicted octanol–water partition coefficient (Wildman–Crippen LogP) is 1.29. The first kappa shape index (κ1) is 9.77. The van der Waals surface area contributed by atoms with Crippen molar-refractivity contribution in [2.45, 2.75) is 6.54 Å². The molecule has 0 spiro atoms. The number of hydrogen-bond donors (Lipinski definition) is 2. The van der Waals surface area contributed by atoms with Crippen molar-refractivity contribution in [1.29, 1.82) is 5.41 Å². The summed E-state index contributed by atoms with van der Waals surface area (Å²) in [5.41, 5.74) is 2.79. The number of rotatable bonds is 2. The third-order valence-electron chi connectivity index (χ3n) is 2.61. The number of imidazole rings is 1. The minimum absolute atomic E-state index is 0.216. The predicted molar refractivity (Wildman–Crippen MR) is 63.3 cm³/mol. The fourth-order valence-corrected chi connectivity index (χ4v) is 1.76. The maximum atomic E-state index is 7.84. The van der Waals surface area contributed by atoms with Crippen LogP contribution in [0, 0.1) is 5.41 Å². The van der Waals surface area contributed by atoms with Crippen LogP contribution in [0.15, 0.2) is 42.9 Å². The Labute approximate surface area is 97.3 Å². The molecule has 0 aliphatic heterocycles. The fraction of sp³-hybridized carbons (Fsp3) is 0.0833. The zero-order chi connectivity index (χ0) is 11.7. The van der Waals surface area contributed by atoms with Crippen LogP contribution >= 0.6 is 0 Å². The van der Waals surface area contributed by atoms with Crippen LogP contribution in [0.5, 0.6) is 0 Å². The summed E-state index contributed by atoms with van der Waals surface area (Å²) < 4.78 is 1.79. The van der Waals surface area contributed by atoms with Gasteiger partial charge >= 0.3 is 0 Å². The summed E-state index contributed by atoms with van der Waals surface area (Å²) in [6.45, 7) is 0.641. The number of H-pyrrole nitrogens is 1. The second-order valence-corrected chi connectivity index (χ2v) is 3.82. The van der Waals surface area contributed by atoms with Crippen LogP contribution in [0.3, 0.4) is 0 Å². The Morgan fingerprint density at radius 3 is 2.88 bits per heavy atom. The van der Waals surface area contributed by atoms with Crippen molar-refractivity contribution in [3.8, 4) is 0 Å². The van der Waals surface area contributed by atoms with Gasteiger partial charge in [-0.2, -0.15) is 4.98 Å². The largest absolute Gasteiger partial charge is 0.342 e. The topological polar surface area (TPSA) is 70.3 Å². The van der Waals surface area contributed by atoms with Crippen LogP contribution in [-0.2, 0) is 6.54 Å². The molecule has 5 nitrogen and oxygen atoms in total. The Balaban J connectivity index is 2.05. The van der Waals surface area contributed by atoms with E-state index in [1.54, 1.807) is 10.9 Å². The minimum atomic E-state index is 0.216. The number of benzene rings is 1. The van der Waals surface area contributed by atoms with E-state index in [9.17, 15) is 0 Å². The van der Waals surface area contributed by atoms with E-state index < -0.39 is 0 Å². The minimum Gasteiger partial charge on any atom is -0.342 e. The van der Waals surface area contributed by atoms with Crippen molar-refractivity contribution < 1.29 is 0 Å². The lowest BCUT2D eigenvalue weighted by Crippen LogP contribution is -2.23. The zero-order valence-corrected chi connectivity index (χ0v) is 9.09. The summed E-state index contributed by atoms with van der Waals surface area (Å²) in [7, 11) is 0. The number of hydrogen-bond acceptors (Lipinski definition) is 3. The van der Waals surface area contributed by atoms with Crippen molar-refractivity contribution in [2.24, 2.45) is 0 Å². The Kier molecular flexibility index (Phi) is 2.22. The Morgan fingerprint density at radius 1 is 1.24 bits per heavy atom. The van der Waals surface area contributed by atoms with Gasteiger partial charge in [-0.25, -0.2) is 4.98 Å².